The summed E-state index contributed by atoms with van der Waals surface area (Å²) in [4.78, 5) is 11.2. The van der Waals surface area contributed by atoms with E-state index in [1.165, 1.54) is 0 Å². The summed E-state index contributed by atoms with van der Waals surface area (Å²) >= 11 is 0. The van der Waals surface area contributed by atoms with Gasteiger partial charge in [0.25, 0.3) is 0 Å². The van der Waals surface area contributed by atoms with Crippen LogP contribution in [0.5, 0.6) is 0 Å². The van der Waals surface area contributed by atoms with Gasteiger partial charge in [0.2, 0.25) is 0 Å². The van der Waals surface area contributed by atoms with E-state index in [1.807, 2.05) is 30.3 Å². The molecule has 5 nitrogen and oxygen atoms in total. The van der Waals surface area contributed by atoms with Gasteiger partial charge in [0.05, 0.1) is 6.04 Å². The molecule has 17 heavy (non-hydrogen) atoms. The minimum Gasteiger partial charge on any atom is -0.444 e. The summed E-state index contributed by atoms with van der Waals surface area (Å²) in [6.07, 6.45) is -0.448. The van der Waals surface area contributed by atoms with Gasteiger partial charge in [-0.1, -0.05) is 30.3 Å². The van der Waals surface area contributed by atoms with Crippen LogP contribution in [0.1, 0.15) is 5.56 Å². The first-order valence-corrected chi connectivity index (χ1v) is 5.27. The molecule has 0 aromatic heterocycles. The van der Waals surface area contributed by atoms with Gasteiger partial charge in [0, 0.05) is 13.1 Å². The summed E-state index contributed by atoms with van der Waals surface area (Å²) < 4.78 is 5.01. The molecule has 1 aliphatic rings. The Labute approximate surface area is 106 Å². The highest BCUT2D eigenvalue weighted by molar-refractivity contribution is 5.85. The zero-order valence-electron chi connectivity index (χ0n) is 9.31. The Morgan fingerprint density at radius 2 is 2.06 bits per heavy atom. The number of carbonyl (C=O) groups excluding carboxylic acids is 1. The fourth-order valence-corrected chi connectivity index (χ4v) is 1.31. The summed E-state index contributed by atoms with van der Waals surface area (Å²) in [6.45, 7) is 2.04. The van der Waals surface area contributed by atoms with Crippen LogP contribution in [0, 0.1) is 0 Å². The van der Waals surface area contributed by atoms with Gasteiger partial charge < -0.3 is 10.1 Å². The van der Waals surface area contributed by atoms with Crippen LogP contribution < -0.4 is 16.2 Å². The monoisotopic (exact) mass is 257 g/mol. The molecular weight excluding hydrogens is 242 g/mol. The number of hydrogen-bond donors (Lipinski definition) is 3. The van der Waals surface area contributed by atoms with Gasteiger partial charge in [-0.05, 0) is 5.56 Å². The molecule has 0 atom stereocenters. The quantitative estimate of drug-likeness (QED) is 0.699. The second kappa shape index (κ2) is 7.11. The van der Waals surface area contributed by atoms with Gasteiger partial charge in [-0.2, -0.15) is 0 Å². The first-order valence-electron chi connectivity index (χ1n) is 5.27. The average molecular weight is 258 g/mol. The van der Waals surface area contributed by atoms with Crippen molar-refractivity contribution in [2.75, 3.05) is 13.1 Å². The first kappa shape index (κ1) is 13.8. The molecule has 6 heteroatoms. The second-order valence-electron chi connectivity index (χ2n) is 3.69. The number of ether oxygens (including phenoxy) is 1. The summed E-state index contributed by atoms with van der Waals surface area (Å²) in [5.41, 5.74) is 6.35. The first-order chi connectivity index (χ1) is 7.84. The van der Waals surface area contributed by atoms with Crippen LogP contribution in [0.25, 0.3) is 0 Å². The van der Waals surface area contributed by atoms with Crippen molar-refractivity contribution in [3.05, 3.63) is 35.9 Å². The zero-order valence-corrected chi connectivity index (χ0v) is 10.1. The Bertz CT molecular complexity index is 344. The van der Waals surface area contributed by atoms with E-state index in [2.05, 4.69) is 16.2 Å². The summed E-state index contributed by atoms with van der Waals surface area (Å²) in [5, 5.41) is 3.09. The molecule has 0 spiro atoms. The van der Waals surface area contributed by atoms with E-state index in [9.17, 15) is 4.79 Å². The number of hydrazine groups is 1. The second-order valence-corrected chi connectivity index (χ2v) is 3.69. The van der Waals surface area contributed by atoms with Crippen LogP contribution in [0.3, 0.4) is 0 Å². The molecule has 3 N–H and O–H groups in total. The maximum absolute atomic E-state index is 11.2. The maximum atomic E-state index is 11.2. The van der Waals surface area contributed by atoms with E-state index in [1.54, 1.807) is 0 Å². The van der Waals surface area contributed by atoms with E-state index in [-0.39, 0.29) is 19.0 Å². The van der Waals surface area contributed by atoms with E-state index >= 15 is 0 Å². The molecule has 0 aliphatic carbocycles. The average Bonchev–Trinajstić information content (AvgIpc) is 2.26. The van der Waals surface area contributed by atoms with Gasteiger partial charge in [-0.25, -0.2) is 10.2 Å². The van der Waals surface area contributed by atoms with Crippen molar-refractivity contribution < 1.29 is 9.53 Å². The predicted molar refractivity (Wildman–Crippen MR) is 66.8 cm³/mol. The number of amides is 1. The Kier molecular flexibility index (Phi) is 5.76. The molecule has 1 aliphatic heterocycles. The van der Waals surface area contributed by atoms with Crippen LogP contribution >= 0.6 is 12.4 Å². The largest absolute Gasteiger partial charge is 0.444 e. The number of nitrogens with one attached hydrogen (secondary N) is 3. The van der Waals surface area contributed by atoms with Gasteiger partial charge in [-0.3, -0.25) is 5.43 Å². The van der Waals surface area contributed by atoms with Crippen molar-refractivity contribution in [2.24, 2.45) is 0 Å². The SMILES string of the molecule is Cl.O=C(NNC1CNC1)OCc1ccccc1. The topological polar surface area (TPSA) is 62.4 Å². The lowest BCUT2D eigenvalue weighted by Gasteiger charge is -2.27. The van der Waals surface area contributed by atoms with Crippen molar-refractivity contribution in [3.63, 3.8) is 0 Å². The third kappa shape index (κ3) is 4.60. The lowest BCUT2D eigenvalue weighted by molar-refractivity contribution is 0.130. The normalized spacial score (nSPS) is 14.4. The Balaban J connectivity index is 0.00000144. The smallest absolute Gasteiger partial charge is 0.421 e. The van der Waals surface area contributed by atoms with Crippen LogP contribution in [0.15, 0.2) is 30.3 Å². The van der Waals surface area contributed by atoms with Crippen LogP contribution in [-0.2, 0) is 11.3 Å². The zero-order chi connectivity index (χ0) is 11.2. The number of hydrogen-bond acceptors (Lipinski definition) is 4. The van der Waals surface area contributed by atoms with Crippen molar-refractivity contribution in [1.82, 2.24) is 16.2 Å². The highest BCUT2D eigenvalue weighted by Gasteiger charge is 2.16. The Hall–Kier alpha value is -1.30. The van der Waals surface area contributed by atoms with E-state index in [0.29, 0.717) is 6.04 Å². The fourth-order valence-electron chi connectivity index (χ4n) is 1.31. The standard InChI is InChI=1S/C11H15N3O2.ClH/c15-11(14-13-10-6-12-7-10)16-8-9-4-2-1-3-5-9;/h1-5,10,12-13H,6-8H2,(H,14,15);1H. The van der Waals surface area contributed by atoms with Crippen molar-refractivity contribution in [1.29, 1.82) is 0 Å². The molecule has 0 radical (unpaired) electrons. The fraction of sp³-hybridized carbons (Fsp3) is 0.364. The maximum Gasteiger partial charge on any atom is 0.421 e. The van der Waals surface area contributed by atoms with Gasteiger partial charge in [0.1, 0.15) is 6.61 Å². The predicted octanol–water partition coefficient (Wildman–Crippen LogP) is 0.811. The number of halogens is 1. The van der Waals surface area contributed by atoms with E-state index in [0.717, 1.165) is 18.7 Å². The number of rotatable bonds is 4. The number of carbonyl (C=O) groups is 1. The Morgan fingerprint density at radius 3 is 2.65 bits per heavy atom. The minimum atomic E-state index is -0.448. The van der Waals surface area contributed by atoms with E-state index < -0.39 is 6.09 Å². The molecule has 1 aromatic carbocycles. The molecule has 1 heterocycles. The Morgan fingerprint density at radius 1 is 1.35 bits per heavy atom. The molecule has 1 amide bonds. The lowest BCUT2D eigenvalue weighted by atomic mass is 10.2. The molecule has 2 rings (SSSR count). The highest BCUT2D eigenvalue weighted by atomic mass is 35.5. The summed E-state index contributed by atoms with van der Waals surface area (Å²) in [7, 11) is 0. The molecule has 0 saturated carbocycles. The van der Waals surface area contributed by atoms with Gasteiger partial charge in [-0.15, -0.1) is 12.4 Å². The lowest BCUT2D eigenvalue weighted by Crippen LogP contribution is -2.60. The molecule has 94 valence electrons. The van der Waals surface area contributed by atoms with Crippen molar-refractivity contribution in [2.45, 2.75) is 12.6 Å². The highest BCUT2D eigenvalue weighted by Crippen LogP contribution is 2.00. The van der Waals surface area contributed by atoms with Crippen molar-refractivity contribution >= 4 is 18.5 Å². The molecule has 1 saturated heterocycles. The van der Waals surface area contributed by atoms with Crippen LogP contribution in [-0.4, -0.2) is 25.2 Å². The molecule has 0 bridgehead atoms. The van der Waals surface area contributed by atoms with Crippen LogP contribution in [0.2, 0.25) is 0 Å². The molecule has 1 fully saturated rings. The van der Waals surface area contributed by atoms with Crippen molar-refractivity contribution in [3.8, 4) is 0 Å². The third-order valence-electron chi connectivity index (χ3n) is 2.37. The number of benzene rings is 1. The van der Waals surface area contributed by atoms with Gasteiger partial charge >= 0.3 is 6.09 Å². The summed E-state index contributed by atoms with van der Waals surface area (Å²) in [5.74, 6) is 0. The van der Waals surface area contributed by atoms with E-state index in [4.69, 9.17) is 4.74 Å². The van der Waals surface area contributed by atoms with Gasteiger partial charge in [0.15, 0.2) is 0 Å². The summed E-state index contributed by atoms with van der Waals surface area (Å²) in [6, 6.07) is 9.88. The van der Waals surface area contributed by atoms with Crippen LogP contribution in [0.4, 0.5) is 4.79 Å². The molecule has 1 aromatic rings. The minimum absolute atomic E-state index is 0. The molecule has 0 unspecified atom stereocenters. The third-order valence-corrected chi connectivity index (χ3v) is 2.37. The molecular formula is C11H16ClN3O2.